The van der Waals surface area contributed by atoms with Gasteiger partial charge in [-0.3, -0.25) is 0 Å². The van der Waals surface area contributed by atoms with Crippen molar-refractivity contribution in [2.45, 2.75) is 64.1 Å². The van der Waals surface area contributed by atoms with E-state index in [1.54, 1.807) is 0 Å². The van der Waals surface area contributed by atoms with Crippen molar-refractivity contribution in [3.63, 3.8) is 0 Å². The first-order valence-corrected chi connectivity index (χ1v) is 12.0. The van der Waals surface area contributed by atoms with Crippen molar-refractivity contribution >= 4 is 13.9 Å². The molecule has 1 atom stereocenters. The van der Waals surface area contributed by atoms with Gasteiger partial charge >= 0.3 is 0 Å². The maximum Gasteiger partial charge on any atom is 0.230 e. The minimum atomic E-state index is -2.32. The van der Waals surface area contributed by atoms with Crippen molar-refractivity contribution in [3.05, 3.63) is 77.5 Å². The lowest BCUT2D eigenvalue weighted by atomic mass is 9.91. The average Bonchev–Trinajstić information content (AvgIpc) is 2.97. The quantitative estimate of drug-likeness (QED) is 0.377. The highest BCUT2D eigenvalue weighted by Gasteiger charge is 2.61. The molecule has 1 aliphatic rings. The van der Waals surface area contributed by atoms with Gasteiger partial charge in [-0.2, -0.15) is 0 Å². The van der Waals surface area contributed by atoms with Crippen LogP contribution in [-0.4, -0.2) is 13.9 Å². The molecule has 0 aromatic heterocycles. The van der Waals surface area contributed by atoms with Gasteiger partial charge in [0.25, 0.3) is 0 Å². The van der Waals surface area contributed by atoms with Gasteiger partial charge in [-0.05, 0) is 40.3 Å². The van der Waals surface area contributed by atoms with Crippen LogP contribution >= 0.6 is 0 Å². The van der Waals surface area contributed by atoms with Crippen LogP contribution in [0, 0.1) is 11.8 Å². The maximum atomic E-state index is 7.13. The Morgan fingerprint density at radius 1 is 0.786 bits per heavy atom. The Morgan fingerprint density at radius 2 is 1.29 bits per heavy atom. The monoisotopic (exact) mass is 388 g/mol. The highest BCUT2D eigenvalue weighted by atomic mass is 28.4. The standard InChI is InChI=1S/C26H32OSi/c1-24(2,3)28(25(4,5)6)20-23(22-16-12-9-13-17-22)26(7,27-28)19-18-21-14-10-8-11-15-21/h8-17,20H,1-7H3. The van der Waals surface area contributed by atoms with Crippen LogP contribution in [0.1, 0.15) is 59.6 Å². The molecule has 2 heteroatoms. The minimum absolute atomic E-state index is 0.0530. The molecule has 0 aliphatic carbocycles. The van der Waals surface area contributed by atoms with E-state index in [4.69, 9.17) is 4.43 Å². The molecule has 1 heterocycles. The van der Waals surface area contributed by atoms with E-state index >= 15 is 0 Å². The second-order valence-corrected chi connectivity index (χ2v) is 14.9. The second kappa shape index (κ2) is 7.06. The van der Waals surface area contributed by atoms with Crippen LogP contribution in [0.4, 0.5) is 0 Å². The molecule has 0 radical (unpaired) electrons. The molecular formula is C26H32OSi. The Morgan fingerprint density at radius 3 is 1.79 bits per heavy atom. The SMILES string of the molecule is CC1(C#Cc2ccccc2)O[Si](C(C)(C)C)(C(C)(C)C)C=C1c1ccccc1. The Labute approximate surface area is 172 Å². The zero-order chi connectivity index (χ0) is 20.6. The highest BCUT2D eigenvalue weighted by Crippen LogP contribution is 2.59. The molecule has 2 aromatic rings. The summed E-state index contributed by atoms with van der Waals surface area (Å²) in [6.45, 7) is 16.1. The number of hydrogen-bond acceptors (Lipinski definition) is 1. The molecule has 3 rings (SSSR count). The molecule has 0 spiro atoms. The Kier molecular flexibility index (Phi) is 5.21. The minimum Gasteiger partial charge on any atom is -0.392 e. The van der Waals surface area contributed by atoms with Crippen LogP contribution in [0.2, 0.25) is 10.1 Å². The number of rotatable bonds is 1. The molecular weight excluding hydrogens is 356 g/mol. The Balaban J connectivity index is 2.20. The van der Waals surface area contributed by atoms with Crippen molar-refractivity contribution in [1.29, 1.82) is 0 Å². The van der Waals surface area contributed by atoms with Crippen LogP contribution in [0.3, 0.4) is 0 Å². The van der Waals surface area contributed by atoms with Crippen molar-refractivity contribution in [3.8, 4) is 11.8 Å². The Hall–Kier alpha value is -2.08. The summed E-state index contributed by atoms with van der Waals surface area (Å²) in [5.74, 6) is 6.89. The summed E-state index contributed by atoms with van der Waals surface area (Å²) >= 11 is 0. The fourth-order valence-corrected chi connectivity index (χ4v) is 9.83. The summed E-state index contributed by atoms with van der Waals surface area (Å²) in [6.07, 6.45) is 0. The van der Waals surface area contributed by atoms with Gasteiger partial charge in [0.05, 0.1) is 0 Å². The van der Waals surface area contributed by atoms with E-state index in [2.05, 4.69) is 108 Å². The molecule has 28 heavy (non-hydrogen) atoms. The second-order valence-electron chi connectivity index (χ2n) is 9.91. The molecule has 1 nitrogen and oxygen atoms in total. The molecule has 0 saturated carbocycles. The lowest BCUT2D eigenvalue weighted by molar-refractivity contribution is 0.187. The van der Waals surface area contributed by atoms with Crippen LogP contribution in [-0.2, 0) is 4.43 Å². The summed E-state index contributed by atoms with van der Waals surface area (Å²) in [5.41, 5.74) is 5.31. The van der Waals surface area contributed by atoms with Gasteiger partial charge < -0.3 is 4.43 Å². The summed E-state index contributed by atoms with van der Waals surface area (Å²) in [4.78, 5) is 0. The normalized spacial score (nSPS) is 21.6. The average molecular weight is 389 g/mol. The maximum absolute atomic E-state index is 7.13. The zero-order valence-electron chi connectivity index (χ0n) is 18.3. The van der Waals surface area contributed by atoms with Crippen LogP contribution in [0.25, 0.3) is 5.57 Å². The van der Waals surface area contributed by atoms with E-state index in [1.807, 2.05) is 18.2 Å². The van der Waals surface area contributed by atoms with Gasteiger partial charge in [0, 0.05) is 5.56 Å². The fourth-order valence-electron chi connectivity index (χ4n) is 4.39. The third kappa shape index (κ3) is 3.62. The first-order chi connectivity index (χ1) is 13.0. The lowest BCUT2D eigenvalue weighted by Crippen LogP contribution is -2.53. The third-order valence-corrected chi connectivity index (χ3v) is 11.6. The van der Waals surface area contributed by atoms with E-state index < -0.39 is 13.9 Å². The zero-order valence-corrected chi connectivity index (χ0v) is 19.3. The third-order valence-electron chi connectivity index (χ3n) is 5.76. The fraction of sp³-hybridized carbons (Fsp3) is 0.385. The van der Waals surface area contributed by atoms with E-state index in [-0.39, 0.29) is 10.1 Å². The van der Waals surface area contributed by atoms with Gasteiger partial charge in [0.2, 0.25) is 8.32 Å². The van der Waals surface area contributed by atoms with Crippen LogP contribution < -0.4 is 0 Å². The van der Waals surface area contributed by atoms with Gasteiger partial charge in [0.1, 0.15) is 5.60 Å². The molecule has 0 amide bonds. The van der Waals surface area contributed by atoms with Crippen molar-refractivity contribution in [2.75, 3.05) is 0 Å². The van der Waals surface area contributed by atoms with E-state index in [9.17, 15) is 0 Å². The molecule has 1 aliphatic heterocycles. The first-order valence-electron chi connectivity index (χ1n) is 10.1. The first kappa shape index (κ1) is 20.6. The van der Waals surface area contributed by atoms with Crippen molar-refractivity contribution < 1.29 is 4.43 Å². The predicted octanol–water partition coefficient (Wildman–Crippen LogP) is 7.00. The summed E-state index contributed by atoms with van der Waals surface area (Å²) in [7, 11) is -2.32. The molecule has 0 bridgehead atoms. The van der Waals surface area contributed by atoms with Gasteiger partial charge in [0.15, 0.2) is 0 Å². The molecule has 0 fully saturated rings. The van der Waals surface area contributed by atoms with E-state index in [1.165, 1.54) is 11.1 Å². The van der Waals surface area contributed by atoms with Gasteiger partial charge in [-0.1, -0.05) is 108 Å². The number of hydrogen-bond donors (Lipinski definition) is 0. The van der Waals surface area contributed by atoms with Gasteiger partial charge in [-0.25, -0.2) is 0 Å². The lowest BCUT2D eigenvalue weighted by Gasteiger charge is -2.48. The van der Waals surface area contributed by atoms with E-state index in [0.29, 0.717) is 0 Å². The largest absolute Gasteiger partial charge is 0.392 e. The molecule has 2 aromatic carbocycles. The topological polar surface area (TPSA) is 9.23 Å². The molecule has 146 valence electrons. The smallest absolute Gasteiger partial charge is 0.230 e. The van der Waals surface area contributed by atoms with Crippen molar-refractivity contribution in [2.24, 2.45) is 0 Å². The molecule has 1 unspecified atom stereocenters. The predicted molar refractivity (Wildman–Crippen MR) is 122 cm³/mol. The van der Waals surface area contributed by atoms with Crippen molar-refractivity contribution in [1.82, 2.24) is 0 Å². The summed E-state index contributed by atoms with van der Waals surface area (Å²) < 4.78 is 7.13. The van der Waals surface area contributed by atoms with E-state index in [0.717, 1.165) is 5.56 Å². The Bertz CT molecular complexity index is 904. The van der Waals surface area contributed by atoms with Gasteiger partial charge in [-0.15, -0.1) is 0 Å². The highest BCUT2D eigenvalue weighted by molar-refractivity contribution is 6.86. The summed E-state index contributed by atoms with van der Waals surface area (Å²) in [6, 6.07) is 20.8. The number of benzene rings is 2. The van der Waals surface area contributed by atoms with Crippen LogP contribution in [0.15, 0.2) is 66.4 Å². The summed E-state index contributed by atoms with van der Waals surface area (Å²) in [5, 5.41) is 0.106. The van der Waals surface area contributed by atoms with Crippen LogP contribution in [0.5, 0.6) is 0 Å². The molecule has 0 saturated heterocycles. The molecule has 0 N–H and O–H groups in total.